The van der Waals surface area contributed by atoms with Gasteiger partial charge in [0.2, 0.25) is 0 Å². The van der Waals surface area contributed by atoms with Crippen LogP contribution >= 0.6 is 11.6 Å². The molecule has 0 heterocycles. The topological polar surface area (TPSA) is 35.8 Å². The Hall–Kier alpha value is -1.20. The largest absolute Gasteiger partial charge is 0.382 e. The van der Waals surface area contributed by atoms with Crippen molar-refractivity contribution in [2.45, 2.75) is 32.7 Å². The third-order valence-electron chi connectivity index (χ3n) is 2.44. The van der Waals surface area contributed by atoms with Crippen LogP contribution in [-0.2, 0) is 0 Å². The average Bonchev–Trinajstić information content (AvgIpc) is 2.28. The van der Waals surface area contributed by atoms with Crippen molar-refractivity contribution >= 4 is 17.3 Å². The quantitative estimate of drug-likeness (QED) is 0.841. The number of nitrogens with zero attached hydrogens (tertiary/aromatic N) is 1. The van der Waals surface area contributed by atoms with Crippen LogP contribution in [0.25, 0.3) is 0 Å². The summed E-state index contributed by atoms with van der Waals surface area (Å²) in [5.41, 5.74) is 1.48. The van der Waals surface area contributed by atoms with Crippen molar-refractivity contribution in [1.29, 1.82) is 5.26 Å². The van der Waals surface area contributed by atoms with Gasteiger partial charge in [0.05, 0.1) is 10.6 Å². The van der Waals surface area contributed by atoms with E-state index >= 15 is 0 Å². The van der Waals surface area contributed by atoms with Crippen molar-refractivity contribution in [2.75, 3.05) is 5.32 Å². The first-order chi connectivity index (χ1) is 7.21. The zero-order chi connectivity index (χ0) is 11.3. The maximum Gasteiger partial charge on any atom is 0.101 e. The Morgan fingerprint density at radius 3 is 2.60 bits per heavy atom. The Morgan fingerprint density at radius 2 is 2.07 bits per heavy atom. The fourth-order valence-corrected chi connectivity index (χ4v) is 1.59. The molecular weight excluding hydrogens is 208 g/mol. The highest BCUT2D eigenvalue weighted by atomic mass is 35.5. The van der Waals surface area contributed by atoms with Crippen LogP contribution in [0.3, 0.4) is 0 Å². The lowest BCUT2D eigenvalue weighted by Crippen LogP contribution is -2.16. The lowest BCUT2D eigenvalue weighted by molar-refractivity contribution is 0.672. The van der Waals surface area contributed by atoms with Crippen molar-refractivity contribution in [3.63, 3.8) is 0 Å². The summed E-state index contributed by atoms with van der Waals surface area (Å²) < 4.78 is 0. The lowest BCUT2D eigenvalue weighted by atomic mass is 10.1. The summed E-state index contributed by atoms with van der Waals surface area (Å²) in [4.78, 5) is 0. The monoisotopic (exact) mass is 222 g/mol. The van der Waals surface area contributed by atoms with Crippen molar-refractivity contribution in [2.24, 2.45) is 0 Å². The van der Waals surface area contributed by atoms with Gasteiger partial charge in [0.1, 0.15) is 6.07 Å². The second-order valence-electron chi connectivity index (χ2n) is 3.46. The Bertz CT molecular complexity index is 364. The SMILES string of the molecule is CCC(CC)Nc1ccc(Cl)c(C#N)c1. The molecule has 0 saturated heterocycles. The molecule has 0 fully saturated rings. The molecule has 80 valence electrons. The fraction of sp³-hybridized carbons (Fsp3) is 0.417. The van der Waals surface area contributed by atoms with Gasteiger partial charge >= 0.3 is 0 Å². The van der Waals surface area contributed by atoms with Gasteiger partial charge in [0.15, 0.2) is 0 Å². The van der Waals surface area contributed by atoms with E-state index in [1.54, 1.807) is 12.1 Å². The zero-order valence-electron chi connectivity index (χ0n) is 9.05. The van der Waals surface area contributed by atoms with Gasteiger partial charge in [-0.15, -0.1) is 0 Å². The highest BCUT2D eigenvalue weighted by molar-refractivity contribution is 6.31. The highest BCUT2D eigenvalue weighted by Gasteiger charge is 2.05. The average molecular weight is 223 g/mol. The third kappa shape index (κ3) is 3.14. The summed E-state index contributed by atoms with van der Waals surface area (Å²) in [5, 5.41) is 12.7. The van der Waals surface area contributed by atoms with E-state index in [-0.39, 0.29) is 0 Å². The molecule has 1 aromatic carbocycles. The van der Waals surface area contributed by atoms with Crippen LogP contribution in [-0.4, -0.2) is 6.04 Å². The molecule has 0 amide bonds. The van der Waals surface area contributed by atoms with E-state index in [1.165, 1.54) is 0 Å². The summed E-state index contributed by atoms with van der Waals surface area (Å²) in [5.74, 6) is 0. The van der Waals surface area contributed by atoms with Crippen molar-refractivity contribution < 1.29 is 0 Å². The fourth-order valence-electron chi connectivity index (χ4n) is 1.43. The van der Waals surface area contributed by atoms with E-state index in [0.717, 1.165) is 18.5 Å². The molecular formula is C12H15ClN2. The molecule has 0 aliphatic heterocycles. The van der Waals surface area contributed by atoms with E-state index in [0.29, 0.717) is 16.6 Å². The van der Waals surface area contributed by atoms with Crippen LogP contribution in [0, 0.1) is 11.3 Å². The number of hydrogen-bond acceptors (Lipinski definition) is 2. The van der Waals surface area contributed by atoms with Gasteiger partial charge in [-0.25, -0.2) is 0 Å². The molecule has 0 aromatic heterocycles. The second-order valence-corrected chi connectivity index (χ2v) is 3.87. The van der Waals surface area contributed by atoms with E-state index in [9.17, 15) is 0 Å². The Kier molecular flexibility index (Phi) is 4.45. The van der Waals surface area contributed by atoms with Gasteiger partial charge in [0.25, 0.3) is 0 Å². The van der Waals surface area contributed by atoms with Gasteiger partial charge in [-0.05, 0) is 31.0 Å². The molecule has 0 bridgehead atoms. The first-order valence-electron chi connectivity index (χ1n) is 5.17. The minimum absolute atomic E-state index is 0.456. The number of nitriles is 1. The molecule has 0 atom stereocenters. The zero-order valence-corrected chi connectivity index (χ0v) is 9.80. The van der Waals surface area contributed by atoms with Crippen LogP contribution in [0.5, 0.6) is 0 Å². The summed E-state index contributed by atoms with van der Waals surface area (Å²) in [7, 11) is 0. The van der Waals surface area contributed by atoms with Crippen molar-refractivity contribution in [3.8, 4) is 6.07 Å². The Labute approximate surface area is 95.9 Å². The summed E-state index contributed by atoms with van der Waals surface area (Å²) >= 11 is 5.85. The minimum Gasteiger partial charge on any atom is -0.382 e. The third-order valence-corrected chi connectivity index (χ3v) is 2.77. The van der Waals surface area contributed by atoms with Gasteiger partial charge in [-0.3, -0.25) is 0 Å². The standard InChI is InChI=1S/C12H15ClN2/c1-3-10(4-2)15-11-5-6-12(13)9(7-11)8-14/h5-7,10,15H,3-4H2,1-2H3. The number of anilines is 1. The molecule has 0 aliphatic rings. The maximum atomic E-state index is 8.83. The lowest BCUT2D eigenvalue weighted by Gasteiger charge is -2.16. The molecule has 1 rings (SSSR count). The summed E-state index contributed by atoms with van der Waals surface area (Å²) in [6, 6.07) is 7.98. The van der Waals surface area contributed by atoms with Crippen LogP contribution in [0.15, 0.2) is 18.2 Å². The minimum atomic E-state index is 0.456. The predicted octanol–water partition coefficient (Wildman–Crippen LogP) is 3.81. The van der Waals surface area contributed by atoms with E-state index in [4.69, 9.17) is 16.9 Å². The van der Waals surface area contributed by atoms with Crippen LogP contribution < -0.4 is 5.32 Å². The number of rotatable bonds is 4. The van der Waals surface area contributed by atoms with E-state index in [1.807, 2.05) is 6.07 Å². The van der Waals surface area contributed by atoms with Gasteiger partial charge in [0, 0.05) is 11.7 Å². The number of nitrogens with one attached hydrogen (secondary N) is 1. The highest BCUT2D eigenvalue weighted by Crippen LogP contribution is 2.20. The smallest absolute Gasteiger partial charge is 0.101 e. The predicted molar refractivity (Wildman–Crippen MR) is 64.2 cm³/mol. The first kappa shape index (κ1) is 11.9. The molecule has 1 N–H and O–H groups in total. The first-order valence-corrected chi connectivity index (χ1v) is 5.55. The summed E-state index contributed by atoms with van der Waals surface area (Å²) in [6.45, 7) is 4.28. The van der Waals surface area contributed by atoms with Gasteiger partial charge in [-0.2, -0.15) is 5.26 Å². The van der Waals surface area contributed by atoms with Crippen LogP contribution in [0.1, 0.15) is 32.3 Å². The number of halogens is 1. The molecule has 3 heteroatoms. The molecule has 0 spiro atoms. The molecule has 0 saturated carbocycles. The van der Waals surface area contributed by atoms with Crippen LogP contribution in [0.4, 0.5) is 5.69 Å². The number of hydrogen-bond donors (Lipinski definition) is 1. The van der Waals surface area contributed by atoms with Gasteiger partial charge < -0.3 is 5.32 Å². The molecule has 0 unspecified atom stereocenters. The van der Waals surface area contributed by atoms with Crippen molar-refractivity contribution in [1.82, 2.24) is 0 Å². The normalized spacial score (nSPS) is 10.1. The molecule has 0 aliphatic carbocycles. The summed E-state index contributed by atoms with van der Waals surface area (Å²) in [6.07, 6.45) is 2.14. The van der Waals surface area contributed by atoms with E-state index in [2.05, 4.69) is 25.2 Å². The van der Waals surface area contributed by atoms with Crippen molar-refractivity contribution in [3.05, 3.63) is 28.8 Å². The van der Waals surface area contributed by atoms with Gasteiger partial charge in [-0.1, -0.05) is 25.4 Å². The second kappa shape index (κ2) is 5.63. The molecule has 2 nitrogen and oxygen atoms in total. The Balaban J connectivity index is 2.83. The maximum absolute atomic E-state index is 8.83. The molecule has 15 heavy (non-hydrogen) atoms. The van der Waals surface area contributed by atoms with Crippen LogP contribution in [0.2, 0.25) is 5.02 Å². The van der Waals surface area contributed by atoms with E-state index < -0.39 is 0 Å². The molecule has 1 aromatic rings. The number of benzene rings is 1. The Morgan fingerprint density at radius 1 is 1.40 bits per heavy atom. The molecule has 0 radical (unpaired) electrons.